The van der Waals surface area contributed by atoms with Crippen molar-refractivity contribution < 1.29 is 28.7 Å². The van der Waals surface area contributed by atoms with Crippen molar-refractivity contribution in [2.24, 2.45) is 5.73 Å². The summed E-state index contributed by atoms with van der Waals surface area (Å²) in [7, 11) is 0. The number of carbonyl (C=O) groups is 4. The van der Waals surface area contributed by atoms with Crippen molar-refractivity contribution in [3.63, 3.8) is 0 Å². The van der Waals surface area contributed by atoms with Gasteiger partial charge in [0.2, 0.25) is 17.7 Å². The second kappa shape index (κ2) is 14.9. The maximum atomic E-state index is 12.5. The summed E-state index contributed by atoms with van der Waals surface area (Å²) in [5.74, 6) is -1.69. The van der Waals surface area contributed by atoms with Crippen LogP contribution in [0.1, 0.15) is 25.5 Å². The lowest BCUT2D eigenvalue weighted by Gasteiger charge is -2.18. The number of amides is 3. The van der Waals surface area contributed by atoms with Crippen LogP contribution in [0.25, 0.3) is 0 Å². The standard InChI is InChI=1S/C18H30N6O6/c1-2-3-17(27)30-7-6-29-5-4-21-18(28)14(8-13-10-20-12-23-13)24-16(26)11-22-15(25)9-19/h10,12,14H,2-9,11,19H2,1H3,(H,20,23)(H,21,28)(H,22,25)(H,24,26)/t14-/m0/s1. The molecule has 1 heterocycles. The Morgan fingerprint density at radius 2 is 1.97 bits per heavy atom. The molecule has 0 spiro atoms. The fourth-order valence-electron chi connectivity index (χ4n) is 2.28. The maximum absolute atomic E-state index is 12.5. The second-order valence-electron chi connectivity index (χ2n) is 6.26. The van der Waals surface area contributed by atoms with Crippen molar-refractivity contribution in [1.82, 2.24) is 25.9 Å². The van der Waals surface area contributed by atoms with E-state index in [0.29, 0.717) is 12.1 Å². The molecule has 30 heavy (non-hydrogen) atoms. The predicted molar refractivity (Wildman–Crippen MR) is 106 cm³/mol. The first-order valence-electron chi connectivity index (χ1n) is 9.70. The first-order valence-corrected chi connectivity index (χ1v) is 9.70. The molecule has 0 radical (unpaired) electrons. The molecule has 1 aromatic heterocycles. The van der Waals surface area contributed by atoms with E-state index < -0.39 is 23.8 Å². The number of imidazole rings is 1. The van der Waals surface area contributed by atoms with E-state index in [-0.39, 0.29) is 51.8 Å². The van der Waals surface area contributed by atoms with Crippen LogP contribution in [0.3, 0.4) is 0 Å². The number of hydrogen-bond acceptors (Lipinski definition) is 8. The zero-order chi connectivity index (χ0) is 22.2. The molecule has 0 saturated heterocycles. The van der Waals surface area contributed by atoms with Crippen LogP contribution in [0.2, 0.25) is 0 Å². The topological polar surface area (TPSA) is 178 Å². The van der Waals surface area contributed by atoms with E-state index in [9.17, 15) is 19.2 Å². The Bertz CT molecular complexity index is 666. The highest BCUT2D eigenvalue weighted by Crippen LogP contribution is 1.99. The summed E-state index contributed by atoms with van der Waals surface area (Å²) in [4.78, 5) is 53.6. The van der Waals surface area contributed by atoms with Gasteiger partial charge >= 0.3 is 5.97 Å². The zero-order valence-electron chi connectivity index (χ0n) is 17.1. The summed E-state index contributed by atoms with van der Waals surface area (Å²) in [6.45, 7) is 2.17. The van der Waals surface area contributed by atoms with Crippen LogP contribution in [0, 0.1) is 0 Å². The molecule has 1 aromatic rings. The van der Waals surface area contributed by atoms with E-state index in [2.05, 4.69) is 25.9 Å². The fraction of sp³-hybridized carbons (Fsp3) is 0.611. The van der Waals surface area contributed by atoms with Gasteiger partial charge < -0.3 is 36.1 Å². The van der Waals surface area contributed by atoms with E-state index in [1.165, 1.54) is 6.33 Å². The van der Waals surface area contributed by atoms with E-state index in [4.69, 9.17) is 15.2 Å². The third-order valence-corrected chi connectivity index (χ3v) is 3.75. The molecule has 168 valence electrons. The van der Waals surface area contributed by atoms with Crippen molar-refractivity contribution in [2.75, 3.05) is 39.5 Å². The number of carbonyl (C=O) groups excluding carboxylic acids is 4. The minimum atomic E-state index is -0.872. The lowest BCUT2D eigenvalue weighted by molar-refractivity contribution is -0.145. The first-order chi connectivity index (χ1) is 14.5. The third-order valence-electron chi connectivity index (χ3n) is 3.75. The number of rotatable bonds is 15. The average molecular weight is 426 g/mol. The molecule has 0 saturated carbocycles. The number of H-pyrrole nitrogens is 1. The van der Waals surface area contributed by atoms with Crippen molar-refractivity contribution in [2.45, 2.75) is 32.2 Å². The highest BCUT2D eigenvalue weighted by atomic mass is 16.6. The molecular formula is C18H30N6O6. The van der Waals surface area contributed by atoms with Crippen LogP contribution in [0.5, 0.6) is 0 Å². The number of nitrogens with two attached hydrogens (primary N) is 1. The Labute approximate surface area is 174 Å². The van der Waals surface area contributed by atoms with Gasteiger partial charge in [0.15, 0.2) is 0 Å². The van der Waals surface area contributed by atoms with Crippen LogP contribution >= 0.6 is 0 Å². The number of nitrogens with one attached hydrogen (secondary N) is 4. The summed E-state index contributed by atoms with van der Waals surface area (Å²) in [6, 6.07) is -0.872. The van der Waals surface area contributed by atoms with Gasteiger partial charge in [-0.25, -0.2) is 4.98 Å². The molecule has 0 aliphatic carbocycles. The van der Waals surface area contributed by atoms with Crippen LogP contribution < -0.4 is 21.7 Å². The van der Waals surface area contributed by atoms with Crippen molar-refractivity contribution in [3.05, 3.63) is 18.2 Å². The van der Waals surface area contributed by atoms with E-state index in [0.717, 1.165) is 6.42 Å². The lowest BCUT2D eigenvalue weighted by atomic mass is 10.1. The van der Waals surface area contributed by atoms with Crippen LogP contribution in [0.15, 0.2) is 12.5 Å². The van der Waals surface area contributed by atoms with Crippen LogP contribution in [-0.4, -0.2) is 79.2 Å². The van der Waals surface area contributed by atoms with Crippen LogP contribution in [-0.2, 0) is 35.1 Å². The smallest absolute Gasteiger partial charge is 0.305 e. The van der Waals surface area contributed by atoms with Gasteiger partial charge in [0, 0.05) is 31.3 Å². The van der Waals surface area contributed by atoms with Crippen LogP contribution in [0.4, 0.5) is 0 Å². The molecule has 12 nitrogen and oxygen atoms in total. The molecule has 3 amide bonds. The highest BCUT2D eigenvalue weighted by molar-refractivity contribution is 5.90. The molecule has 0 unspecified atom stereocenters. The minimum Gasteiger partial charge on any atom is -0.463 e. The third kappa shape index (κ3) is 11.1. The number of aromatic amines is 1. The summed E-state index contributed by atoms with van der Waals surface area (Å²) in [6.07, 6.45) is 4.30. The van der Waals surface area contributed by atoms with Gasteiger partial charge in [-0.05, 0) is 6.42 Å². The zero-order valence-corrected chi connectivity index (χ0v) is 17.1. The Hall–Kier alpha value is -2.99. The molecule has 0 fully saturated rings. The normalized spacial score (nSPS) is 11.4. The molecule has 0 aromatic carbocycles. The quantitative estimate of drug-likeness (QED) is 0.158. The largest absolute Gasteiger partial charge is 0.463 e. The van der Waals surface area contributed by atoms with Gasteiger partial charge in [0.1, 0.15) is 12.6 Å². The number of hydrogen-bond donors (Lipinski definition) is 5. The molecule has 6 N–H and O–H groups in total. The molecule has 0 aliphatic heterocycles. The molecule has 12 heteroatoms. The number of nitrogens with zero attached hydrogens (tertiary/aromatic N) is 1. The van der Waals surface area contributed by atoms with E-state index in [1.807, 2.05) is 6.92 Å². The molecular weight excluding hydrogens is 396 g/mol. The summed E-state index contributed by atoms with van der Waals surface area (Å²) in [5, 5.41) is 7.58. The minimum absolute atomic E-state index is 0.153. The summed E-state index contributed by atoms with van der Waals surface area (Å²) in [5.41, 5.74) is 5.83. The maximum Gasteiger partial charge on any atom is 0.305 e. The van der Waals surface area contributed by atoms with Gasteiger partial charge in [-0.3, -0.25) is 19.2 Å². The number of ether oxygens (including phenoxy) is 2. The Balaban J connectivity index is 2.37. The predicted octanol–water partition coefficient (Wildman–Crippen LogP) is -2.01. The summed E-state index contributed by atoms with van der Waals surface area (Å²) >= 11 is 0. The lowest BCUT2D eigenvalue weighted by Crippen LogP contribution is -2.51. The van der Waals surface area contributed by atoms with Crippen molar-refractivity contribution >= 4 is 23.7 Å². The van der Waals surface area contributed by atoms with Gasteiger partial charge in [-0.1, -0.05) is 6.92 Å². The summed E-state index contributed by atoms with van der Waals surface area (Å²) < 4.78 is 10.3. The average Bonchev–Trinajstić information content (AvgIpc) is 3.24. The van der Waals surface area contributed by atoms with Gasteiger partial charge in [-0.15, -0.1) is 0 Å². The highest BCUT2D eigenvalue weighted by Gasteiger charge is 2.21. The van der Waals surface area contributed by atoms with Crippen molar-refractivity contribution in [1.29, 1.82) is 0 Å². The first kappa shape index (κ1) is 25.0. The van der Waals surface area contributed by atoms with Gasteiger partial charge in [0.25, 0.3) is 0 Å². The molecule has 1 rings (SSSR count). The Morgan fingerprint density at radius 3 is 2.63 bits per heavy atom. The molecule has 0 aliphatic rings. The molecule has 1 atom stereocenters. The Kier molecular flexibility index (Phi) is 12.5. The number of aromatic nitrogens is 2. The second-order valence-corrected chi connectivity index (χ2v) is 6.26. The van der Waals surface area contributed by atoms with Crippen molar-refractivity contribution in [3.8, 4) is 0 Å². The number of esters is 1. The van der Waals surface area contributed by atoms with E-state index >= 15 is 0 Å². The SMILES string of the molecule is CCCC(=O)OCCOCCNC(=O)[C@H](Cc1cnc[nH]1)NC(=O)CNC(=O)CN. The molecule has 0 bridgehead atoms. The van der Waals surface area contributed by atoms with E-state index in [1.54, 1.807) is 6.20 Å². The monoisotopic (exact) mass is 426 g/mol. The Morgan fingerprint density at radius 1 is 1.17 bits per heavy atom. The van der Waals surface area contributed by atoms with Gasteiger partial charge in [0.05, 0.1) is 32.6 Å². The fourth-order valence-corrected chi connectivity index (χ4v) is 2.28. The van der Waals surface area contributed by atoms with Gasteiger partial charge in [-0.2, -0.15) is 0 Å².